The molecule has 5 heteroatoms. The molecule has 27 heavy (non-hydrogen) atoms. The van der Waals surface area contributed by atoms with Gasteiger partial charge in [0.2, 0.25) is 0 Å². The van der Waals surface area contributed by atoms with Crippen LogP contribution in [0.25, 0.3) is 5.69 Å². The first kappa shape index (κ1) is 16.4. The van der Waals surface area contributed by atoms with Crippen molar-refractivity contribution in [2.45, 2.75) is 12.5 Å². The molecule has 0 aliphatic carbocycles. The van der Waals surface area contributed by atoms with Gasteiger partial charge >= 0.3 is 0 Å². The summed E-state index contributed by atoms with van der Waals surface area (Å²) in [6, 6.07) is 17.2. The average Bonchev–Trinajstić information content (AvgIpc) is 3.10. The van der Waals surface area contributed by atoms with Crippen LogP contribution >= 0.6 is 0 Å². The first-order valence-corrected chi connectivity index (χ1v) is 9.73. The molecule has 0 bridgehead atoms. The number of hydrogen-bond acceptors (Lipinski definition) is 4. The molecule has 2 aromatic heterocycles. The van der Waals surface area contributed by atoms with Gasteiger partial charge in [-0.05, 0) is 50.3 Å². The first-order valence-electron chi connectivity index (χ1n) is 9.73. The Morgan fingerprint density at radius 3 is 2.85 bits per heavy atom. The molecule has 1 saturated heterocycles. The summed E-state index contributed by atoms with van der Waals surface area (Å²) in [6.07, 6.45) is 5.24. The van der Waals surface area contributed by atoms with E-state index in [4.69, 9.17) is 4.98 Å². The minimum absolute atomic E-state index is 0.0968. The SMILES string of the molecule is CN1CCCN(c2ncccc2C2Nc3ccccc3-n3cccc32)CC1. The molecule has 1 aromatic carbocycles. The van der Waals surface area contributed by atoms with Crippen molar-refractivity contribution in [1.82, 2.24) is 14.5 Å². The summed E-state index contributed by atoms with van der Waals surface area (Å²) in [6.45, 7) is 4.30. The molecule has 0 radical (unpaired) electrons. The zero-order chi connectivity index (χ0) is 18.2. The number of pyridine rings is 1. The van der Waals surface area contributed by atoms with Crippen molar-refractivity contribution in [3.8, 4) is 5.69 Å². The number of fused-ring (bicyclic) bond motifs is 3. The van der Waals surface area contributed by atoms with Crippen molar-refractivity contribution in [2.75, 3.05) is 43.4 Å². The highest BCUT2D eigenvalue weighted by molar-refractivity contribution is 5.68. The third kappa shape index (κ3) is 2.88. The molecule has 2 aliphatic rings. The van der Waals surface area contributed by atoms with Crippen LogP contribution in [0, 0.1) is 0 Å². The lowest BCUT2D eigenvalue weighted by molar-refractivity contribution is 0.360. The van der Waals surface area contributed by atoms with Gasteiger partial charge in [-0.2, -0.15) is 0 Å². The molecule has 5 nitrogen and oxygen atoms in total. The summed E-state index contributed by atoms with van der Waals surface area (Å²) < 4.78 is 2.30. The van der Waals surface area contributed by atoms with Gasteiger partial charge < -0.3 is 19.7 Å². The summed E-state index contributed by atoms with van der Waals surface area (Å²) >= 11 is 0. The van der Waals surface area contributed by atoms with Crippen LogP contribution < -0.4 is 10.2 Å². The van der Waals surface area contributed by atoms with Crippen LogP contribution in [0.3, 0.4) is 0 Å². The Balaban J connectivity index is 1.57. The maximum Gasteiger partial charge on any atom is 0.134 e. The van der Waals surface area contributed by atoms with E-state index in [1.807, 2.05) is 6.20 Å². The number of nitrogens with zero attached hydrogens (tertiary/aromatic N) is 4. The number of rotatable bonds is 2. The lowest BCUT2D eigenvalue weighted by Gasteiger charge is -2.32. The van der Waals surface area contributed by atoms with Gasteiger partial charge in [0, 0.05) is 43.3 Å². The number of benzene rings is 1. The molecular formula is C22H25N5. The van der Waals surface area contributed by atoms with Crippen LogP contribution in [0.15, 0.2) is 60.9 Å². The molecule has 1 fully saturated rings. The fourth-order valence-electron chi connectivity index (χ4n) is 4.28. The highest BCUT2D eigenvalue weighted by atomic mass is 15.2. The summed E-state index contributed by atoms with van der Waals surface area (Å²) in [4.78, 5) is 9.67. The van der Waals surface area contributed by atoms with E-state index >= 15 is 0 Å². The van der Waals surface area contributed by atoms with E-state index in [1.165, 1.54) is 23.4 Å². The van der Waals surface area contributed by atoms with Crippen molar-refractivity contribution in [3.63, 3.8) is 0 Å². The molecule has 1 unspecified atom stereocenters. The predicted molar refractivity (Wildman–Crippen MR) is 110 cm³/mol. The van der Waals surface area contributed by atoms with Gasteiger partial charge in [0.25, 0.3) is 0 Å². The first-order chi connectivity index (χ1) is 13.3. The van der Waals surface area contributed by atoms with Crippen molar-refractivity contribution in [2.24, 2.45) is 0 Å². The molecule has 1 N–H and O–H groups in total. The average molecular weight is 359 g/mol. The Bertz CT molecular complexity index is 947. The van der Waals surface area contributed by atoms with Gasteiger partial charge in [-0.15, -0.1) is 0 Å². The second-order valence-corrected chi connectivity index (χ2v) is 7.46. The van der Waals surface area contributed by atoms with E-state index < -0.39 is 0 Å². The lowest BCUT2D eigenvalue weighted by Crippen LogP contribution is -2.32. The number of anilines is 2. The fourth-order valence-corrected chi connectivity index (χ4v) is 4.28. The highest BCUT2D eigenvalue weighted by Gasteiger charge is 2.28. The predicted octanol–water partition coefficient (Wildman–Crippen LogP) is 3.53. The molecule has 1 atom stereocenters. The summed E-state index contributed by atoms with van der Waals surface area (Å²) in [5.41, 5.74) is 4.87. The largest absolute Gasteiger partial charge is 0.371 e. The topological polar surface area (TPSA) is 36.3 Å². The molecule has 0 saturated carbocycles. The molecule has 3 aromatic rings. The van der Waals surface area contributed by atoms with Crippen molar-refractivity contribution in [3.05, 3.63) is 72.2 Å². The normalized spacial score (nSPS) is 19.7. The zero-order valence-electron chi connectivity index (χ0n) is 15.7. The number of aromatic nitrogens is 2. The molecule has 4 heterocycles. The Kier molecular flexibility index (Phi) is 4.09. The minimum atomic E-state index is 0.0968. The van der Waals surface area contributed by atoms with Crippen molar-refractivity contribution >= 4 is 11.5 Å². The van der Waals surface area contributed by atoms with Crippen LogP contribution in [-0.2, 0) is 0 Å². The smallest absolute Gasteiger partial charge is 0.134 e. The quantitative estimate of drug-likeness (QED) is 0.759. The number of para-hydroxylation sites is 2. The molecule has 0 amide bonds. The van der Waals surface area contributed by atoms with Gasteiger partial charge in [0.1, 0.15) is 5.82 Å². The Hall–Kier alpha value is -2.79. The van der Waals surface area contributed by atoms with E-state index in [0.717, 1.165) is 37.7 Å². The van der Waals surface area contributed by atoms with Crippen LogP contribution in [0.1, 0.15) is 23.7 Å². The van der Waals surface area contributed by atoms with Gasteiger partial charge in [-0.25, -0.2) is 4.98 Å². The molecular weight excluding hydrogens is 334 g/mol. The Morgan fingerprint density at radius 1 is 0.963 bits per heavy atom. The van der Waals surface area contributed by atoms with E-state index in [-0.39, 0.29) is 6.04 Å². The molecule has 5 rings (SSSR count). The highest BCUT2D eigenvalue weighted by Crippen LogP contribution is 2.39. The number of nitrogens with one attached hydrogen (secondary N) is 1. The maximum atomic E-state index is 4.82. The summed E-state index contributed by atoms with van der Waals surface area (Å²) in [5.74, 6) is 1.11. The lowest BCUT2D eigenvalue weighted by atomic mass is 10.0. The van der Waals surface area contributed by atoms with E-state index in [9.17, 15) is 0 Å². The van der Waals surface area contributed by atoms with Gasteiger partial charge in [0.15, 0.2) is 0 Å². The van der Waals surface area contributed by atoms with Gasteiger partial charge in [-0.3, -0.25) is 0 Å². The van der Waals surface area contributed by atoms with Crippen LogP contribution in [0.2, 0.25) is 0 Å². The second kappa shape index (κ2) is 6.74. The van der Waals surface area contributed by atoms with Crippen LogP contribution in [-0.4, -0.2) is 47.7 Å². The fraction of sp³-hybridized carbons (Fsp3) is 0.318. The molecule has 2 aliphatic heterocycles. The monoisotopic (exact) mass is 359 g/mol. The van der Waals surface area contributed by atoms with Crippen LogP contribution in [0.5, 0.6) is 0 Å². The maximum absolute atomic E-state index is 4.82. The minimum Gasteiger partial charge on any atom is -0.371 e. The number of hydrogen-bond donors (Lipinski definition) is 1. The van der Waals surface area contributed by atoms with Gasteiger partial charge in [-0.1, -0.05) is 18.2 Å². The molecule has 0 spiro atoms. The van der Waals surface area contributed by atoms with E-state index in [2.05, 4.69) is 81.5 Å². The Labute approximate surface area is 160 Å². The van der Waals surface area contributed by atoms with E-state index in [1.54, 1.807) is 0 Å². The van der Waals surface area contributed by atoms with E-state index in [0.29, 0.717) is 0 Å². The molecule has 138 valence electrons. The number of likely N-dealkylation sites (N-methyl/N-ethyl adjacent to an activating group) is 1. The standard InChI is InChI=1S/C22H25N5/c1-25-12-6-13-26(16-15-25)22-17(7-4-11-23-22)21-20-10-5-14-27(20)19-9-3-2-8-18(19)24-21/h2-5,7-11,14,21,24H,6,12-13,15-16H2,1H3. The zero-order valence-corrected chi connectivity index (χ0v) is 15.7. The van der Waals surface area contributed by atoms with Crippen LogP contribution in [0.4, 0.5) is 11.5 Å². The Morgan fingerprint density at radius 2 is 1.89 bits per heavy atom. The van der Waals surface area contributed by atoms with Crippen molar-refractivity contribution < 1.29 is 0 Å². The third-order valence-corrected chi connectivity index (χ3v) is 5.69. The third-order valence-electron chi connectivity index (χ3n) is 5.69. The second-order valence-electron chi connectivity index (χ2n) is 7.46. The summed E-state index contributed by atoms with van der Waals surface area (Å²) in [7, 11) is 2.20. The van der Waals surface area contributed by atoms with Crippen molar-refractivity contribution in [1.29, 1.82) is 0 Å². The van der Waals surface area contributed by atoms with Gasteiger partial charge in [0.05, 0.1) is 17.4 Å². The summed E-state index contributed by atoms with van der Waals surface area (Å²) in [5, 5.41) is 3.76.